The fourth-order valence-corrected chi connectivity index (χ4v) is 1.71. The van der Waals surface area contributed by atoms with E-state index < -0.39 is 0 Å². The lowest BCUT2D eigenvalue weighted by Crippen LogP contribution is -2.32. The van der Waals surface area contributed by atoms with E-state index in [9.17, 15) is 4.79 Å². The van der Waals surface area contributed by atoms with Crippen LogP contribution in [0.15, 0.2) is 18.6 Å². The molecule has 102 valence electrons. The van der Waals surface area contributed by atoms with Crippen molar-refractivity contribution < 1.29 is 9.53 Å². The first-order valence-corrected chi connectivity index (χ1v) is 5.98. The van der Waals surface area contributed by atoms with E-state index in [2.05, 4.69) is 20.6 Å². The molecule has 7 heteroatoms. The zero-order chi connectivity index (χ0) is 13.7. The van der Waals surface area contributed by atoms with Crippen molar-refractivity contribution in [2.75, 3.05) is 32.1 Å². The summed E-state index contributed by atoms with van der Waals surface area (Å²) in [5, 5.41) is 5.72. The monoisotopic (exact) mass is 263 g/mol. The van der Waals surface area contributed by atoms with Crippen LogP contribution in [0.3, 0.4) is 0 Å². The molecule has 7 nitrogen and oxygen atoms in total. The minimum absolute atomic E-state index is 0.105. The third-order valence-corrected chi connectivity index (χ3v) is 2.69. The van der Waals surface area contributed by atoms with Crippen LogP contribution >= 0.6 is 0 Å². The second-order valence-corrected chi connectivity index (χ2v) is 4.08. The van der Waals surface area contributed by atoms with Crippen LogP contribution in [0.4, 0.5) is 5.82 Å². The van der Waals surface area contributed by atoms with E-state index in [4.69, 9.17) is 4.74 Å². The number of amides is 1. The first-order chi connectivity index (χ1) is 9.22. The van der Waals surface area contributed by atoms with Crippen molar-refractivity contribution in [3.05, 3.63) is 18.6 Å². The average molecular weight is 263 g/mol. The number of methoxy groups -OCH3 is 1. The van der Waals surface area contributed by atoms with Crippen molar-refractivity contribution >= 4 is 22.8 Å². The topological polar surface area (TPSA) is 81.1 Å². The van der Waals surface area contributed by atoms with Gasteiger partial charge in [0.2, 0.25) is 5.91 Å². The van der Waals surface area contributed by atoms with Crippen molar-refractivity contribution in [2.24, 2.45) is 7.05 Å². The number of anilines is 1. The molecule has 2 heterocycles. The smallest absolute Gasteiger partial charge is 0.239 e. The van der Waals surface area contributed by atoms with Crippen LogP contribution < -0.4 is 10.6 Å². The summed E-state index contributed by atoms with van der Waals surface area (Å²) < 4.78 is 6.76. The molecule has 0 bridgehead atoms. The van der Waals surface area contributed by atoms with Gasteiger partial charge in [0.25, 0.3) is 0 Å². The largest absolute Gasteiger partial charge is 0.383 e. The molecule has 0 saturated heterocycles. The third kappa shape index (κ3) is 3.19. The van der Waals surface area contributed by atoms with Gasteiger partial charge in [-0.15, -0.1) is 0 Å². The molecular weight excluding hydrogens is 246 g/mol. The number of carbonyl (C=O) groups is 1. The fourth-order valence-electron chi connectivity index (χ4n) is 1.71. The fraction of sp³-hybridized carbons (Fsp3) is 0.417. The number of pyridine rings is 1. The summed E-state index contributed by atoms with van der Waals surface area (Å²) in [6.45, 7) is 1.16. The van der Waals surface area contributed by atoms with Gasteiger partial charge in [-0.2, -0.15) is 0 Å². The minimum Gasteiger partial charge on any atom is -0.383 e. The number of hydrogen-bond donors (Lipinski definition) is 2. The molecule has 0 spiro atoms. The van der Waals surface area contributed by atoms with E-state index in [0.717, 1.165) is 11.0 Å². The summed E-state index contributed by atoms with van der Waals surface area (Å²) in [6, 6.07) is 1.88. The summed E-state index contributed by atoms with van der Waals surface area (Å²) in [5.41, 5.74) is 1.73. The number of aromatic nitrogens is 3. The quantitative estimate of drug-likeness (QED) is 0.725. The predicted octanol–water partition coefficient (Wildman–Crippen LogP) is 0.143. The van der Waals surface area contributed by atoms with Gasteiger partial charge in [0, 0.05) is 26.9 Å². The maximum Gasteiger partial charge on any atom is 0.239 e. The molecule has 1 amide bonds. The number of aryl methyl sites for hydroxylation is 1. The first kappa shape index (κ1) is 13.3. The van der Waals surface area contributed by atoms with Crippen molar-refractivity contribution in [2.45, 2.75) is 0 Å². The molecule has 0 aliphatic carbocycles. The van der Waals surface area contributed by atoms with Gasteiger partial charge in [0.05, 0.1) is 25.0 Å². The van der Waals surface area contributed by atoms with Crippen LogP contribution in [0.5, 0.6) is 0 Å². The van der Waals surface area contributed by atoms with E-state index in [1.54, 1.807) is 19.6 Å². The Hall–Kier alpha value is -2.15. The Labute approximate surface area is 111 Å². The van der Waals surface area contributed by atoms with E-state index in [-0.39, 0.29) is 12.5 Å². The molecule has 0 saturated carbocycles. The van der Waals surface area contributed by atoms with E-state index in [1.807, 2.05) is 17.7 Å². The molecule has 0 atom stereocenters. The molecular formula is C12H17N5O2. The van der Waals surface area contributed by atoms with Crippen molar-refractivity contribution in [1.82, 2.24) is 19.9 Å². The molecule has 0 fully saturated rings. The molecule has 2 N–H and O–H groups in total. The minimum atomic E-state index is -0.105. The lowest BCUT2D eigenvalue weighted by Gasteiger charge is -2.07. The van der Waals surface area contributed by atoms with E-state index in [0.29, 0.717) is 19.0 Å². The van der Waals surface area contributed by atoms with Crippen LogP contribution in [0, 0.1) is 0 Å². The van der Waals surface area contributed by atoms with Crippen LogP contribution in [-0.2, 0) is 16.6 Å². The summed E-state index contributed by atoms with van der Waals surface area (Å²) in [7, 11) is 3.51. The van der Waals surface area contributed by atoms with Crippen molar-refractivity contribution in [3.63, 3.8) is 0 Å². The summed E-state index contributed by atoms with van der Waals surface area (Å²) in [5.74, 6) is 0.506. The Morgan fingerprint density at radius 2 is 2.32 bits per heavy atom. The highest BCUT2D eigenvalue weighted by atomic mass is 16.5. The molecule has 0 radical (unpaired) electrons. The normalized spacial score (nSPS) is 10.6. The number of nitrogens with zero attached hydrogens (tertiary/aromatic N) is 3. The zero-order valence-corrected chi connectivity index (χ0v) is 11.0. The zero-order valence-electron chi connectivity index (χ0n) is 11.0. The number of fused-ring (bicyclic) bond motifs is 1. The van der Waals surface area contributed by atoms with Gasteiger partial charge in [-0.3, -0.25) is 4.79 Å². The van der Waals surface area contributed by atoms with Gasteiger partial charge in [0.1, 0.15) is 5.52 Å². The lowest BCUT2D eigenvalue weighted by atomic mass is 10.3. The van der Waals surface area contributed by atoms with Crippen LogP contribution in [0.2, 0.25) is 0 Å². The van der Waals surface area contributed by atoms with Crippen LogP contribution in [0.25, 0.3) is 11.0 Å². The number of nitrogens with one attached hydrogen (secondary N) is 2. The number of carbonyl (C=O) groups excluding carboxylic acids is 1. The van der Waals surface area contributed by atoms with Crippen molar-refractivity contribution in [3.8, 4) is 0 Å². The van der Waals surface area contributed by atoms with E-state index in [1.165, 1.54) is 0 Å². The van der Waals surface area contributed by atoms with Crippen molar-refractivity contribution in [1.29, 1.82) is 0 Å². The van der Waals surface area contributed by atoms with E-state index >= 15 is 0 Å². The highest BCUT2D eigenvalue weighted by molar-refractivity contribution is 5.88. The Balaban J connectivity index is 1.96. The number of rotatable bonds is 6. The van der Waals surface area contributed by atoms with Crippen LogP contribution in [0.1, 0.15) is 0 Å². The molecule has 19 heavy (non-hydrogen) atoms. The SMILES string of the molecule is COCCNC(=O)CNc1nccc2c1ncn2C. The maximum absolute atomic E-state index is 11.5. The maximum atomic E-state index is 11.5. The number of hydrogen-bond acceptors (Lipinski definition) is 5. The van der Waals surface area contributed by atoms with Gasteiger partial charge in [-0.05, 0) is 6.07 Å². The van der Waals surface area contributed by atoms with Gasteiger partial charge in [0.15, 0.2) is 5.82 Å². The molecule has 2 rings (SSSR count). The number of ether oxygens (including phenoxy) is 1. The lowest BCUT2D eigenvalue weighted by molar-refractivity contribution is -0.119. The average Bonchev–Trinajstić information content (AvgIpc) is 2.79. The van der Waals surface area contributed by atoms with Gasteiger partial charge < -0.3 is 19.9 Å². The summed E-state index contributed by atoms with van der Waals surface area (Å²) in [6.07, 6.45) is 3.41. The standard InChI is InChI=1S/C12H17N5O2/c1-17-8-16-11-9(17)3-4-14-12(11)15-7-10(18)13-5-6-19-2/h3-4,8H,5-7H2,1-2H3,(H,13,18)(H,14,15). The highest BCUT2D eigenvalue weighted by Gasteiger charge is 2.07. The third-order valence-electron chi connectivity index (χ3n) is 2.69. The Morgan fingerprint density at radius 1 is 1.47 bits per heavy atom. The van der Waals surface area contributed by atoms with Gasteiger partial charge in [-0.1, -0.05) is 0 Å². The second-order valence-electron chi connectivity index (χ2n) is 4.08. The first-order valence-electron chi connectivity index (χ1n) is 5.98. The van der Waals surface area contributed by atoms with Crippen LogP contribution in [-0.4, -0.2) is 47.2 Å². The Bertz CT molecular complexity index is 566. The molecule has 0 aliphatic rings. The Kier molecular flexibility index (Phi) is 4.30. The predicted molar refractivity (Wildman–Crippen MR) is 71.9 cm³/mol. The summed E-state index contributed by atoms with van der Waals surface area (Å²) >= 11 is 0. The van der Waals surface area contributed by atoms with Gasteiger partial charge >= 0.3 is 0 Å². The summed E-state index contributed by atoms with van der Waals surface area (Å²) in [4.78, 5) is 20.0. The van der Waals surface area contributed by atoms with Gasteiger partial charge in [-0.25, -0.2) is 9.97 Å². The molecule has 0 unspecified atom stereocenters. The molecule has 0 aliphatic heterocycles. The Morgan fingerprint density at radius 3 is 3.11 bits per heavy atom. The molecule has 2 aromatic rings. The molecule has 2 aromatic heterocycles. The second kappa shape index (κ2) is 6.14. The highest BCUT2D eigenvalue weighted by Crippen LogP contribution is 2.17. The molecule has 0 aromatic carbocycles. The number of imidazole rings is 1.